The third-order valence-electron chi connectivity index (χ3n) is 5.60. The lowest BCUT2D eigenvalue weighted by Gasteiger charge is -2.09. The van der Waals surface area contributed by atoms with Gasteiger partial charge in [-0.15, -0.1) is 0 Å². The highest BCUT2D eigenvalue weighted by molar-refractivity contribution is 5.70. The minimum atomic E-state index is -0.719. The number of fused-ring (bicyclic) bond motifs is 1. The Morgan fingerprint density at radius 1 is 0.900 bits per heavy atom. The summed E-state index contributed by atoms with van der Waals surface area (Å²) >= 11 is 0. The molecule has 0 spiro atoms. The van der Waals surface area contributed by atoms with Gasteiger partial charge in [-0.05, 0) is 18.4 Å². The minimum Gasteiger partial charge on any atom is -0.421 e. The Bertz CT molecular complexity index is 1050. The van der Waals surface area contributed by atoms with Gasteiger partial charge in [-0.25, -0.2) is 9.78 Å². The molecule has 30 heavy (non-hydrogen) atoms. The van der Waals surface area contributed by atoms with Gasteiger partial charge in [0.05, 0.1) is 6.33 Å². The van der Waals surface area contributed by atoms with Gasteiger partial charge in [0, 0.05) is 13.1 Å². The summed E-state index contributed by atoms with van der Waals surface area (Å²) in [4.78, 5) is 29.3. The first-order valence-corrected chi connectivity index (χ1v) is 11.1. The van der Waals surface area contributed by atoms with Crippen LogP contribution in [0.3, 0.4) is 0 Å². The third kappa shape index (κ3) is 5.20. The molecule has 1 N–H and O–H groups in total. The molecule has 0 saturated heterocycles. The fraction of sp³-hybridized carbons (Fsp3) is 0.522. The van der Waals surface area contributed by atoms with Crippen LogP contribution in [0.4, 0.5) is 0 Å². The Kier molecular flexibility index (Phi) is 7.88. The Hall–Kier alpha value is -2.83. The predicted octanol–water partition coefficient (Wildman–Crippen LogP) is 3.98. The molecule has 0 amide bonds. The van der Waals surface area contributed by atoms with Crippen LogP contribution in [0, 0.1) is 0 Å². The van der Waals surface area contributed by atoms with Crippen molar-refractivity contribution in [1.29, 1.82) is 0 Å². The lowest BCUT2D eigenvalue weighted by atomic mass is 10.1. The summed E-state index contributed by atoms with van der Waals surface area (Å²) in [5.74, 6) is 0. The third-order valence-corrected chi connectivity index (χ3v) is 5.60. The van der Waals surface area contributed by atoms with E-state index < -0.39 is 11.2 Å². The highest BCUT2D eigenvalue weighted by Gasteiger charge is 2.17. The van der Waals surface area contributed by atoms with Crippen molar-refractivity contribution in [3.63, 3.8) is 0 Å². The average molecular weight is 413 g/mol. The maximum Gasteiger partial charge on any atom is 0.366 e. The molecular formula is C23H32N4O3. The molecule has 0 bridgehead atoms. The largest absolute Gasteiger partial charge is 0.421 e. The van der Waals surface area contributed by atoms with Crippen molar-refractivity contribution in [2.75, 3.05) is 0 Å². The number of hydrogen-bond donors (Lipinski definition) is 1. The van der Waals surface area contributed by atoms with Gasteiger partial charge in [-0.2, -0.15) is 0 Å². The first kappa shape index (κ1) is 21.9. The molecule has 0 aliphatic carbocycles. The summed E-state index contributed by atoms with van der Waals surface area (Å²) in [6, 6.07) is 9.97. The molecule has 1 aromatic carbocycles. The molecule has 0 aliphatic heterocycles. The molecule has 162 valence electrons. The second-order valence-corrected chi connectivity index (χ2v) is 7.87. The van der Waals surface area contributed by atoms with Crippen molar-refractivity contribution in [2.45, 2.75) is 77.8 Å². The monoisotopic (exact) mass is 412 g/mol. The average Bonchev–Trinajstić information content (AvgIpc) is 3.19. The highest BCUT2D eigenvalue weighted by atomic mass is 16.5. The van der Waals surface area contributed by atoms with Gasteiger partial charge >= 0.3 is 11.2 Å². The minimum absolute atomic E-state index is 0.216. The molecule has 0 radical (unpaired) electrons. The summed E-state index contributed by atoms with van der Waals surface area (Å²) in [7, 11) is 0. The van der Waals surface area contributed by atoms with Gasteiger partial charge in [0.15, 0.2) is 11.2 Å². The second kappa shape index (κ2) is 10.8. The summed E-state index contributed by atoms with van der Waals surface area (Å²) in [5, 5.41) is 10.1. The van der Waals surface area contributed by atoms with E-state index in [1.807, 2.05) is 30.3 Å². The smallest absolute Gasteiger partial charge is 0.366 e. The van der Waals surface area contributed by atoms with E-state index in [0.717, 1.165) is 31.2 Å². The fourth-order valence-electron chi connectivity index (χ4n) is 3.85. The zero-order valence-electron chi connectivity index (χ0n) is 17.8. The Labute approximate surface area is 176 Å². The fourth-order valence-corrected chi connectivity index (χ4v) is 3.85. The number of rotatable bonds is 12. The Balaban J connectivity index is 1.69. The van der Waals surface area contributed by atoms with Crippen molar-refractivity contribution in [3.05, 3.63) is 63.1 Å². The van der Waals surface area contributed by atoms with Gasteiger partial charge in [0.2, 0.25) is 0 Å². The van der Waals surface area contributed by atoms with Gasteiger partial charge in [-0.1, -0.05) is 86.9 Å². The maximum absolute atomic E-state index is 12.5. The Morgan fingerprint density at radius 2 is 1.57 bits per heavy atom. The van der Waals surface area contributed by atoms with Crippen molar-refractivity contribution >= 4 is 11.2 Å². The van der Waals surface area contributed by atoms with Crippen LogP contribution in [0.2, 0.25) is 0 Å². The van der Waals surface area contributed by atoms with E-state index in [-0.39, 0.29) is 10.2 Å². The topological polar surface area (TPSA) is 82.0 Å². The molecule has 3 rings (SSSR count). The molecule has 0 aliphatic rings. The van der Waals surface area contributed by atoms with Crippen LogP contribution < -0.4 is 11.2 Å². The highest BCUT2D eigenvalue weighted by Crippen LogP contribution is 2.12. The van der Waals surface area contributed by atoms with E-state index in [1.165, 1.54) is 36.7 Å². The first-order valence-electron chi connectivity index (χ1n) is 11.1. The van der Waals surface area contributed by atoms with Gasteiger partial charge in [-0.3, -0.25) is 9.36 Å². The summed E-state index contributed by atoms with van der Waals surface area (Å²) in [6.45, 7) is 3.20. The van der Waals surface area contributed by atoms with Crippen molar-refractivity contribution < 1.29 is 5.21 Å². The summed E-state index contributed by atoms with van der Waals surface area (Å²) < 4.78 is 3.36. The van der Waals surface area contributed by atoms with E-state index >= 15 is 0 Å². The van der Waals surface area contributed by atoms with Crippen LogP contribution in [-0.2, 0) is 19.5 Å². The van der Waals surface area contributed by atoms with Crippen LogP contribution in [0.15, 0.2) is 46.2 Å². The number of nitrogens with zero attached hydrogens (tertiary/aromatic N) is 4. The van der Waals surface area contributed by atoms with Crippen LogP contribution in [-0.4, -0.2) is 24.1 Å². The lowest BCUT2D eigenvalue weighted by Crippen LogP contribution is -2.39. The van der Waals surface area contributed by atoms with Crippen LogP contribution in [0.25, 0.3) is 11.2 Å². The van der Waals surface area contributed by atoms with Crippen LogP contribution >= 0.6 is 0 Å². The number of aromatic nitrogens is 4. The number of hydrogen-bond acceptors (Lipinski definition) is 4. The zero-order chi connectivity index (χ0) is 21.3. The second-order valence-electron chi connectivity index (χ2n) is 7.87. The number of benzene rings is 1. The predicted molar refractivity (Wildman–Crippen MR) is 118 cm³/mol. The van der Waals surface area contributed by atoms with E-state index in [2.05, 4.69) is 11.9 Å². The van der Waals surface area contributed by atoms with Crippen LogP contribution in [0.5, 0.6) is 0 Å². The molecule has 0 saturated carbocycles. The molecule has 0 unspecified atom stereocenters. The molecule has 0 atom stereocenters. The van der Waals surface area contributed by atoms with Crippen molar-refractivity contribution in [2.24, 2.45) is 0 Å². The van der Waals surface area contributed by atoms with Gasteiger partial charge in [0.25, 0.3) is 0 Å². The van der Waals surface area contributed by atoms with Crippen LogP contribution in [0.1, 0.15) is 63.9 Å². The summed E-state index contributed by atoms with van der Waals surface area (Å²) in [6.07, 6.45) is 11.6. The number of unbranched alkanes of at least 4 members (excludes halogenated alkanes) is 7. The SMILES string of the molecule is CCCCCCCCCCn1c(=O)n(O)c(=O)c2c1ncn2CCc1ccccc1. The van der Waals surface area contributed by atoms with E-state index in [9.17, 15) is 14.8 Å². The maximum atomic E-state index is 12.5. The summed E-state index contributed by atoms with van der Waals surface area (Å²) in [5.41, 5.74) is 0.339. The van der Waals surface area contributed by atoms with E-state index in [1.54, 1.807) is 10.9 Å². The molecule has 7 heteroatoms. The lowest BCUT2D eigenvalue weighted by molar-refractivity contribution is 0.156. The zero-order valence-corrected chi connectivity index (χ0v) is 17.8. The molecule has 3 aromatic rings. The molecule has 7 nitrogen and oxygen atoms in total. The Morgan fingerprint density at radius 3 is 2.27 bits per heavy atom. The molecule has 2 aromatic heterocycles. The quantitative estimate of drug-likeness (QED) is 0.360. The van der Waals surface area contributed by atoms with Gasteiger partial charge < -0.3 is 9.77 Å². The molecule has 2 heterocycles. The van der Waals surface area contributed by atoms with E-state index in [4.69, 9.17) is 0 Å². The van der Waals surface area contributed by atoms with E-state index in [0.29, 0.717) is 18.7 Å². The van der Waals surface area contributed by atoms with Gasteiger partial charge in [0.1, 0.15) is 0 Å². The molecular weight excluding hydrogens is 380 g/mol. The van der Waals surface area contributed by atoms with Crippen molar-refractivity contribution in [3.8, 4) is 0 Å². The standard InChI is InChI=1S/C23H32N4O3/c1-2-3-4-5-6-7-8-12-16-26-21-20(22(28)27(30)23(26)29)25(18-24-21)17-15-19-13-10-9-11-14-19/h9-11,13-14,18,30H,2-8,12,15-17H2,1H3. The number of aryl methyl sites for hydroxylation is 3. The number of imidazole rings is 1. The van der Waals surface area contributed by atoms with Crippen molar-refractivity contribution in [1.82, 2.24) is 18.8 Å². The first-order chi connectivity index (χ1) is 14.6. The normalized spacial score (nSPS) is 11.4. The molecule has 0 fully saturated rings.